The summed E-state index contributed by atoms with van der Waals surface area (Å²) in [6, 6.07) is 15.3. The lowest BCUT2D eigenvalue weighted by atomic mass is 10.1. The Labute approximate surface area is 154 Å². The van der Waals surface area contributed by atoms with Gasteiger partial charge in [-0.2, -0.15) is 13.2 Å². The van der Waals surface area contributed by atoms with Crippen molar-refractivity contribution in [2.45, 2.75) is 19.7 Å². The van der Waals surface area contributed by atoms with E-state index >= 15 is 0 Å². The van der Waals surface area contributed by atoms with Gasteiger partial charge in [0.2, 0.25) is 0 Å². The van der Waals surface area contributed by atoms with Crippen molar-refractivity contribution in [2.75, 3.05) is 0 Å². The van der Waals surface area contributed by atoms with Gasteiger partial charge in [0, 0.05) is 11.1 Å². The van der Waals surface area contributed by atoms with E-state index in [0.29, 0.717) is 28.3 Å². The van der Waals surface area contributed by atoms with Crippen molar-refractivity contribution in [1.29, 1.82) is 0 Å². The average molecular weight is 371 g/mol. The van der Waals surface area contributed by atoms with Gasteiger partial charge in [0.25, 0.3) is 0 Å². The molecule has 0 amide bonds. The third-order valence-electron chi connectivity index (χ3n) is 4.07. The summed E-state index contributed by atoms with van der Waals surface area (Å²) in [5.74, 6) is 0.611. The molecule has 1 aromatic heterocycles. The molecule has 0 unspecified atom stereocenters. The van der Waals surface area contributed by atoms with Gasteiger partial charge in [-0.3, -0.25) is 4.79 Å². The summed E-state index contributed by atoms with van der Waals surface area (Å²) in [6.07, 6.45) is -3.58. The van der Waals surface area contributed by atoms with Crippen LogP contribution in [0.3, 0.4) is 0 Å². The highest BCUT2D eigenvalue weighted by Crippen LogP contribution is 2.30. The molecular formula is C21H16F3NO2. The number of alkyl halides is 3. The maximum Gasteiger partial charge on any atom is 0.416 e. The predicted octanol–water partition coefficient (Wildman–Crippen LogP) is 5.47. The van der Waals surface area contributed by atoms with Crippen LogP contribution in [0.4, 0.5) is 13.2 Å². The Kier molecular flexibility index (Phi) is 5.26. The highest BCUT2D eigenvalue weighted by molar-refractivity contribution is 5.77. The molecule has 0 N–H and O–H groups in total. The summed E-state index contributed by atoms with van der Waals surface area (Å²) in [7, 11) is 0. The van der Waals surface area contributed by atoms with Gasteiger partial charge in [-0.1, -0.05) is 18.2 Å². The first-order chi connectivity index (χ1) is 12.9. The maximum absolute atomic E-state index is 12.7. The molecule has 0 bridgehead atoms. The van der Waals surface area contributed by atoms with Crippen molar-refractivity contribution >= 4 is 6.29 Å². The fourth-order valence-corrected chi connectivity index (χ4v) is 2.58. The quantitative estimate of drug-likeness (QED) is 0.559. The second-order valence-corrected chi connectivity index (χ2v) is 6.01. The predicted molar refractivity (Wildman–Crippen MR) is 95.6 cm³/mol. The lowest BCUT2D eigenvalue weighted by molar-refractivity contribution is -0.137. The molecule has 2 aromatic carbocycles. The van der Waals surface area contributed by atoms with Crippen LogP contribution < -0.4 is 4.74 Å². The Morgan fingerprint density at radius 2 is 1.78 bits per heavy atom. The Balaban J connectivity index is 1.74. The van der Waals surface area contributed by atoms with Crippen molar-refractivity contribution in [2.24, 2.45) is 0 Å². The first-order valence-electron chi connectivity index (χ1n) is 8.19. The normalized spacial score (nSPS) is 11.3. The minimum Gasteiger partial charge on any atom is -0.487 e. The number of carbonyl (C=O) groups excluding carboxylic acids is 1. The van der Waals surface area contributed by atoms with E-state index in [1.54, 1.807) is 36.4 Å². The Morgan fingerprint density at radius 3 is 2.41 bits per heavy atom. The van der Waals surface area contributed by atoms with Gasteiger partial charge in [-0.05, 0) is 55.0 Å². The van der Waals surface area contributed by atoms with Gasteiger partial charge in [-0.15, -0.1) is 0 Å². The molecule has 0 aliphatic carbocycles. The monoisotopic (exact) mass is 371 g/mol. The highest BCUT2D eigenvalue weighted by Gasteiger charge is 2.30. The van der Waals surface area contributed by atoms with Crippen molar-refractivity contribution in [3.63, 3.8) is 0 Å². The second kappa shape index (κ2) is 7.61. The molecule has 0 aliphatic heterocycles. The SMILES string of the molecule is Cc1cc(OCc2cccc(-c3ccc(C(F)(F)F)cc3)n2)ccc1C=O. The zero-order valence-corrected chi connectivity index (χ0v) is 14.5. The molecular weight excluding hydrogens is 355 g/mol. The number of aldehydes is 1. The van der Waals surface area contributed by atoms with Gasteiger partial charge in [0.05, 0.1) is 17.0 Å². The molecule has 3 rings (SSSR count). The molecule has 0 spiro atoms. The third kappa shape index (κ3) is 4.53. The van der Waals surface area contributed by atoms with Gasteiger partial charge < -0.3 is 4.74 Å². The average Bonchev–Trinajstić information content (AvgIpc) is 2.66. The standard InChI is InChI=1S/C21H16F3NO2/c1-14-11-19(10-7-16(14)12-26)27-13-18-3-2-4-20(25-18)15-5-8-17(9-6-15)21(22,23)24/h2-12H,13H2,1H3. The molecule has 0 aliphatic rings. The van der Waals surface area contributed by atoms with Gasteiger partial charge in [-0.25, -0.2) is 4.98 Å². The number of ether oxygens (including phenoxy) is 1. The summed E-state index contributed by atoms with van der Waals surface area (Å²) < 4.78 is 43.7. The largest absolute Gasteiger partial charge is 0.487 e. The van der Waals surface area contributed by atoms with E-state index in [1.165, 1.54) is 12.1 Å². The minimum atomic E-state index is -4.36. The van der Waals surface area contributed by atoms with Crippen molar-refractivity contribution in [3.05, 3.63) is 83.0 Å². The van der Waals surface area contributed by atoms with Crippen LogP contribution in [0, 0.1) is 6.92 Å². The third-order valence-corrected chi connectivity index (χ3v) is 4.07. The lowest BCUT2D eigenvalue weighted by Crippen LogP contribution is -2.04. The van der Waals surface area contributed by atoms with Crippen LogP contribution in [0.5, 0.6) is 5.75 Å². The van der Waals surface area contributed by atoms with Crippen molar-refractivity contribution < 1.29 is 22.7 Å². The molecule has 1 heterocycles. The van der Waals surface area contributed by atoms with E-state index in [1.807, 2.05) is 6.92 Å². The molecule has 3 nitrogen and oxygen atoms in total. The van der Waals surface area contributed by atoms with Crippen LogP contribution in [0.2, 0.25) is 0 Å². The lowest BCUT2D eigenvalue weighted by Gasteiger charge is -2.10. The van der Waals surface area contributed by atoms with Crippen LogP contribution in [0.1, 0.15) is 27.2 Å². The number of aryl methyl sites for hydroxylation is 1. The van der Waals surface area contributed by atoms with E-state index in [9.17, 15) is 18.0 Å². The van der Waals surface area contributed by atoms with Gasteiger partial charge >= 0.3 is 6.18 Å². The molecule has 0 radical (unpaired) electrons. The summed E-state index contributed by atoms with van der Waals surface area (Å²) in [5, 5.41) is 0. The highest BCUT2D eigenvalue weighted by atomic mass is 19.4. The first-order valence-corrected chi connectivity index (χ1v) is 8.19. The van der Waals surface area contributed by atoms with E-state index in [-0.39, 0.29) is 6.61 Å². The number of benzene rings is 2. The van der Waals surface area contributed by atoms with Gasteiger partial charge in [0.15, 0.2) is 0 Å². The van der Waals surface area contributed by atoms with E-state index in [0.717, 1.165) is 24.0 Å². The van der Waals surface area contributed by atoms with Crippen LogP contribution in [0.25, 0.3) is 11.3 Å². The summed E-state index contributed by atoms with van der Waals surface area (Å²) in [6.45, 7) is 2.02. The Bertz CT molecular complexity index is 950. The summed E-state index contributed by atoms with van der Waals surface area (Å²) in [4.78, 5) is 15.3. The molecule has 0 saturated carbocycles. The molecule has 6 heteroatoms. The molecule has 0 fully saturated rings. The smallest absolute Gasteiger partial charge is 0.416 e. The number of carbonyl (C=O) groups is 1. The van der Waals surface area contributed by atoms with Crippen molar-refractivity contribution in [3.8, 4) is 17.0 Å². The summed E-state index contributed by atoms with van der Waals surface area (Å²) >= 11 is 0. The second-order valence-electron chi connectivity index (χ2n) is 6.01. The topological polar surface area (TPSA) is 39.2 Å². The molecule has 27 heavy (non-hydrogen) atoms. The zero-order chi connectivity index (χ0) is 19.4. The van der Waals surface area contributed by atoms with Crippen LogP contribution in [-0.2, 0) is 12.8 Å². The van der Waals surface area contributed by atoms with E-state index < -0.39 is 11.7 Å². The van der Waals surface area contributed by atoms with Crippen molar-refractivity contribution in [1.82, 2.24) is 4.98 Å². The number of halogens is 3. The summed E-state index contributed by atoms with van der Waals surface area (Å²) in [5.41, 5.74) is 2.52. The minimum absolute atomic E-state index is 0.203. The number of rotatable bonds is 5. The molecule has 0 saturated heterocycles. The molecule has 0 atom stereocenters. The van der Waals surface area contributed by atoms with Crippen LogP contribution in [-0.4, -0.2) is 11.3 Å². The Morgan fingerprint density at radius 1 is 1.04 bits per heavy atom. The maximum atomic E-state index is 12.7. The Hall–Kier alpha value is -3.15. The number of aromatic nitrogens is 1. The fourth-order valence-electron chi connectivity index (χ4n) is 2.58. The van der Waals surface area contributed by atoms with Crippen LogP contribution >= 0.6 is 0 Å². The zero-order valence-electron chi connectivity index (χ0n) is 14.5. The fraction of sp³-hybridized carbons (Fsp3) is 0.143. The number of hydrogen-bond donors (Lipinski definition) is 0. The number of pyridine rings is 1. The molecule has 138 valence electrons. The van der Waals surface area contributed by atoms with Crippen LogP contribution in [0.15, 0.2) is 60.7 Å². The number of hydrogen-bond acceptors (Lipinski definition) is 3. The first kappa shape index (κ1) is 18.6. The van der Waals surface area contributed by atoms with E-state index in [2.05, 4.69) is 4.98 Å². The van der Waals surface area contributed by atoms with Gasteiger partial charge in [0.1, 0.15) is 18.6 Å². The number of nitrogens with zero attached hydrogens (tertiary/aromatic N) is 1. The molecule has 3 aromatic rings. The van der Waals surface area contributed by atoms with E-state index in [4.69, 9.17) is 4.74 Å².